The van der Waals surface area contributed by atoms with Gasteiger partial charge in [-0.15, -0.1) is 6.58 Å². The van der Waals surface area contributed by atoms with Gasteiger partial charge in [0, 0.05) is 5.56 Å². The zero-order valence-electron chi connectivity index (χ0n) is 12.9. The molecule has 0 saturated carbocycles. The second-order valence-corrected chi connectivity index (χ2v) is 5.40. The summed E-state index contributed by atoms with van der Waals surface area (Å²) >= 11 is 0. The lowest BCUT2D eigenvalue weighted by molar-refractivity contribution is 0.112. The SMILES string of the molecule is C=CCc1cc(C=O)ccc1OCc1cccc2ccccc12. The molecule has 0 radical (unpaired) electrons. The Hall–Kier alpha value is -2.87. The maximum Gasteiger partial charge on any atom is 0.150 e. The Balaban J connectivity index is 1.87. The van der Waals surface area contributed by atoms with Crippen molar-refractivity contribution < 1.29 is 9.53 Å². The molecule has 0 aliphatic heterocycles. The number of benzene rings is 3. The van der Waals surface area contributed by atoms with E-state index in [-0.39, 0.29) is 0 Å². The number of ether oxygens (including phenoxy) is 1. The van der Waals surface area contributed by atoms with Gasteiger partial charge in [0.05, 0.1) is 0 Å². The highest BCUT2D eigenvalue weighted by Gasteiger charge is 2.06. The molecule has 3 rings (SSSR count). The number of carbonyl (C=O) groups is 1. The summed E-state index contributed by atoms with van der Waals surface area (Å²) in [6.07, 6.45) is 3.34. The van der Waals surface area contributed by atoms with E-state index in [4.69, 9.17) is 4.74 Å². The van der Waals surface area contributed by atoms with Gasteiger partial charge in [0.15, 0.2) is 0 Å². The van der Waals surface area contributed by atoms with Crippen LogP contribution in [-0.2, 0) is 13.0 Å². The van der Waals surface area contributed by atoms with E-state index in [2.05, 4.69) is 30.8 Å². The van der Waals surface area contributed by atoms with Crippen molar-refractivity contribution in [2.24, 2.45) is 0 Å². The van der Waals surface area contributed by atoms with Crippen LogP contribution in [0, 0.1) is 0 Å². The average molecular weight is 302 g/mol. The van der Waals surface area contributed by atoms with E-state index in [0.717, 1.165) is 23.2 Å². The number of rotatable bonds is 6. The molecule has 0 heterocycles. The first kappa shape index (κ1) is 15.0. The summed E-state index contributed by atoms with van der Waals surface area (Å²) in [4.78, 5) is 10.9. The molecule has 2 heteroatoms. The lowest BCUT2D eigenvalue weighted by Gasteiger charge is -2.12. The van der Waals surface area contributed by atoms with Gasteiger partial charge in [0.2, 0.25) is 0 Å². The summed E-state index contributed by atoms with van der Waals surface area (Å²) in [5.74, 6) is 0.795. The third kappa shape index (κ3) is 3.32. The van der Waals surface area contributed by atoms with Crippen molar-refractivity contribution in [1.82, 2.24) is 0 Å². The minimum Gasteiger partial charge on any atom is -0.489 e. The Labute approximate surface area is 136 Å². The van der Waals surface area contributed by atoms with Crippen LogP contribution < -0.4 is 4.74 Å². The molecule has 0 saturated heterocycles. The lowest BCUT2D eigenvalue weighted by Crippen LogP contribution is -2.00. The van der Waals surface area contributed by atoms with Crippen LogP contribution in [0.3, 0.4) is 0 Å². The van der Waals surface area contributed by atoms with Crippen LogP contribution >= 0.6 is 0 Å². The zero-order valence-corrected chi connectivity index (χ0v) is 12.9. The minimum absolute atomic E-state index is 0.492. The number of fused-ring (bicyclic) bond motifs is 1. The van der Waals surface area contributed by atoms with Crippen molar-refractivity contribution in [3.05, 3.63) is 90.0 Å². The number of hydrogen-bond acceptors (Lipinski definition) is 2. The van der Waals surface area contributed by atoms with Crippen LogP contribution in [0.4, 0.5) is 0 Å². The molecule has 114 valence electrons. The second kappa shape index (κ2) is 6.93. The fourth-order valence-electron chi connectivity index (χ4n) is 2.70. The molecule has 0 atom stereocenters. The monoisotopic (exact) mass is 302 g/mol. The minimum atomic E-state index is 0.492. The van der Waals surface area contributed by atoms with Crippen LogP contribution in [0.25, 0.3) is 10.8 Å². The Bertz CT molecular complexity index is 844. The molecular formula is C21H18O2. The average Bonchev–Trinajstić information content (AvgIpc) is 2.61. The first-order chi connectivity index (χ1) is 11.3. The molecular weight excluding hydrogens is 284 g/mol. The first-order valence-corrected chi connectivity index (χ1v) is 7.60. The van der Waals surface area contributed by atoms with Crippen molar-refractivity contribution in [2.45, 2.75) is 13.0 Å². The highest BCUT2D eigenvalue weighted by atomic mass is 16.5. The van der Waals surface area contributed by atoms with Crippen molar-refractivity contribution in [2.75, 3.05) is 0 Å². The molecule has 3 aromatic carbocycles. The van der Waals surface area contributed by atoms with Crippen LogP contribution in [0.5, 0.6) is 5.75 Å². The molecule has 23 heavy (non-hydrogen) atoms. The molecule has 0 spiro atoms. The molecule has 0 unspecified atom stereocenters. The molecule has 2 nitrogen and oxygen atoms in total. The van der Waals surface area contributed by atoms with Gasteiger partial charge >= 0.3 is 0 Å². The third-order valence-corrected chi connectivity index (χ3v) is 3.85. The van der Waals surface area contributed by atoms with Gasteiger partial charge in [0.25, 0.3) is 0 Å². The maximum atomic E-state index is 10.9. The summed E-state index contributed by atoms with van der Waals surface area (Å²) in [6, 6.07) is 20.0. The lowest BCUT2D eigenvalue weighted by atomic mass is 10.0. The molecule has 0 fully saturated rings. The van der Waals surface area contributed by atoms with Gasteiger partial charge in [0.1, 0.15) is 18.6 Å². The first-order valence-electron chi connectivity index (χ1n) is 7.60. The normalized spacial score (nSPS) is 10.4. The van der Waals surface area contributed by atoms with Crippen molar-refractivity contribution in [3.8, 4) is 5.75 Å². The predicted octanol–water partition coefficient (Wildman–Crippen LogP) is 4.96. The predicted molar refractivity (Wildman–Crippen MR) is 94.0 cm³/mol. The van der Waals surface area contributed by atoms with E-state index >= 15 is 0 Å². The van der Waals surface area contributed by atoms with Gasteiger partial charge in [-0.3, -0.25) is 4.79 Å². The molecule has 0 bridgehead atoms. The summed E-state index contributed by atoms with van der Waals surface area (Å²) in [6.45, 7) is 4.26. The van der Waals surface area contributed by atoms with E-state index in [1.807, 2.05) is 36.4 Å². The Morgan fingerprint density at radius 1 is 0.957 bits per heavy atom. The number of aldehydes is 1. The highest BCUT2D eigenvalue weighted by molar-refractivity contribution is 5.85. The van der Waals surface area contributed by atoms with Gasteiger partial charge in [-0.05, 0) is 46.5 Å². The van der Waals surface area contributed by atoms with Crippen LogP contribution in [-0.4, -0.2) is 6.29 Å². The third-order valence-electron chi connectivity index (χ3n) is 3.85. The van der Waals surface area contributed by atoms with Crippen LogP contribution in [0.2, 0.25) is 0 Å². The summed E-state index contributed by atoms with van der Waals surface area (Å²) < 4.78 is 6.02. The Morgan fingerprint density at radius 2 is 1.78 bits per heavy atom. The molecule has 0 aliphatic carbocycles. The molecule has 3 aromatic rings. The van der Waals surface area contributed by atoms with Crippen molar-refractivity contribution >= 4 is 17.1 Å². The summed E-state index contributed by atoms with van der Waals surface area (Å²) in [7, 11) is 0. The molecule has 0 amide bonds. The molecule has 0 aromatic heterocycles. The van der Waals surface area contributed by atoms with Crippen LogP contribution in [0.15, 0.2) is 73.3 Å². The molecule has 0 aliphatic rings. The van der Waals surface area contributed by atoms with Crippen LogP contribution in [0.1, 0.15) is 21.5 Å². The number of hydrogen-bond donors (Lipinski definition) is 0. The highest BCUT2D eigenvalue weighted by Crippen LogP contribution is 2.24. The molecule has 0 N–H and O–H groups in total. The van der Waals surface area contributed by atoms with Gasteiger partial charge in [-0.1, -0.05) is 48.5 Å². The Morgan fingerprint density at radius 3 is 2.61 bits per heavy atom. The van der Waals surface area contributed by atoms with E-state index in [9.17, 15) is 4.79 Å². The summed E-state index contributed by atoms with van der Waals surface area (Å²) in [5.41, 5.74) is 2.77. The van der Waals surface area contributed by atoms with Gasteiger partial charge in [-0.2, -0.15) is 0 Å². The zero-order chi connectivity index (χ0) is 16.1. The number of allylic oxidation sites excluding steroid dienone is 1. The number of carbonyl (C=O) groups excluding carboxylic acids is 1. The standard InChI is InChI=1S/C21H18O2/c1-2-6-18-13-16(14-22)11-12-21(18)23-15-19-9-5-8-17-7-3-4-10-20(17)19/h2-5,7-14H,1,6,15H2. The quantitative estimate of drug-likeness (QED) is 0.475. The van der Waals surface area contributed by atoms with E-state index in [1.54, 1.807) is 6.07 Å². The van der Waals surface area contributed by atoms with Gasteiger partial charge in [-0.25, -0.2) is 0 Å². The Kier molecular flexibility index (Phi) is 4.53. The fraction of sp³-hybridized carbons (Fsp3) is 0.0952. The largest absolute Gasteiger partial charge is 0.489 e. The van der Waals surface area contributed by atoms with E-state index in [0.29, 0.717) is 18.6 Å². The van der Waals surface area contributed by atoms with Gasteiger partial charge < -0.3 is 4.74 Å². The maximum absolute atomic E-state index is 10.9. The fourth-order valence-corrected chi connectivity index (χ4v) is 2.70. The smallest absolute Gasteiger partial charge is 0.150 e. The van der Waals surface area contributed by atoms with Crippen molar-refractivity contribution in [1.29, 1.82) is 0 Å². The van der Waals surface area contributed by atoms with E-state index < -0.39 is 0 Å². The summed E-state index contributed by atoms with van der Waals surface area (Å²) in [5, 5.41) is 2.40. The topological polar surface area (TPSA) is 26.3 Å². The van der Waals surface area contributed by atoms with Crippen molar-refractivity contribution in [3.63, 3.8) is 0 Å². The van der Waals surface area contributed by atoms with E-state index in [1.165, 1.54) is 10.8 Å². The second-order valence-electron chi connectivity index (χ2n) is 5.40.